The standard InChI is InChI=1S/C16H17N3OS/c1-11-7-8-18-16(19-11)21-10-13(17-2)15-9-12-5-3-4-6-14(12)20-15/h3-9,13,17H,10H2,1-2H3. The van der Waals surface area contributed by atoms with Crippen LogP contribution in [0, 0.1) is 6.92 Å². The Kier molecular flexibility index (Phi) is 4.22. The molecule has 0 saturated carbocycles. The van der Waals surface area contributed by atoms with Crippen molar-refractivity contribution in [2.75, 3.05) is 12.8 Å². The number of thioether (sulfide) groups is 1. The molecule has 1 aromatic carbocycles. The van der Waals surface area contributed by atoms with Crippen LogP contribution in [-0.2, 0) is 0 Å². The molecular formula is C16H17N3OS. The molecule has 0 radical (unpaired) electrons. The van der Waals surface area contributed by atoms with Crippen LogP contribution < -0.4 is 5.32 Å². The lowest BCUT2D eigenvalue weighted by Crippen LogP contribution is -2.18. The van der Waals surface area contributed by atoms with Crippen LogP contribution in [0.5, 0.6) is 0 Å². The smallest absolute Gasteiger partial charge is 0.187 e. The van der Waals surface area contributed by atoms with E-state index in [1.165, 1.54) is 0 Å². The van der Waals surface area contributed by atoms with Crippen molar-refractivity contribution in [1.29, 1.82) is 0 Å². The van der Waals surface area contributed by atoms with Gasteiger partial charge in [0.2, 0.25) is 0 Å². The zero-order valence-electron chi connectivity index (χ0n) is 12.0. The Hall–Kier alpha value is -1.85. The zero-order chi connectivity index (χ0) is 14.7. The predicted octanol–water partition coefficient (Wildman–Crippen LogP) is 3.58. The summed E-state index contributed by atoms with van der Waals surface area (Å²) < 4.78 is 5.92. The van der Waals surface area contributed by atoms with Gasteiger partial charge in [-0.05, 0) is 32.2 Å². The lowest BCUT2D eigenvalue weighted by Gasteiger charge is -2.12. The molecule has 0 aliphatic rings. The largest absolute Gasteiger partial charge is 0.459 e. The molecule has 2 aromatic heterocycles. The summed E-state index contributed by atoms with van der Waals surface area (Å²) in [5.74, 6) is 1.76. The monoisotopic (exact) mass is 299 g/mol. The summed E-state index contributed by atoms with van der Waals surface area (Å²) >= 11 is 1.63. The maximum Gasteiger partial charge on any atom is 0.187 e. The average molecular weight is 299 g/mol. The third-order valence-electron chi connectivity index (χ3n) is 3.29. The Balaban J connectivity index is 1.75. The first kappa shape index (κ1) is 14.1. The Bertz CT molecular complexity index is 708. The molecule has 1 N–H and O–H groups in total. The van der Waals surface area contributed by atoms with E-state index in [-0.39, 0.29) is 6.04 Å². The average Bonchev–Trinajstić information content (AvgIpc) is 2.91. The van der Waals surface area contributed by atoms with Gasteiger partial charge in [0.05, 0.1) is 6.04 Å². The first-order chi connectivity index (χ1) is 10.3. The molecule has 1 atom stereocenters. The predicted molar refractivity (Wildman–Crippen MR) is 85.5 cm³/mol. The molecule has 0 bridgehead atoms. The number of aryl methyl sites for hydroxylation is 1. The number of hydrogen-bond acceptors (Lipinski definition) is 5. The summed E-state index contributed by atoms with van der Waals surface area (Å²) in [6.45, 7) is 1.97. The van der Waals surface area contributed by atoms with E-state index in [0.29, 0.717) is 0 Å². The SMILES string of the molecule is CNC(CSc1nccc(C)n1)c1cc2ccccc2o1. The fourth-order valence-electron chi connectivity index (χ4n) is 2.14. The molecule has 0 amide bonds. The normalized spacial score (nSPS) is 12.7. The van der Waals surface area contributed by atoms with Gasteiger partial charge >= 0.3 is 0 Å². The van der Waals surface area contributed by atoms with Crippen molar-refractivity contribution in [1.82, 2.24) is 15.3 Å². The summed E-state index contributed by atoms with van der Waals surface area (Å²) in [4.78, 5) is 8.69. The van der Waals surface area contributed by atoms with E-state index in [1.54, 1.807) is 18.0 Å². The minimum Gasteiger partial charge on any atom is -0.459 e. The van der Waals surface area contributed by atoms with Gasteiger partial charge in [0.25, 0.3) is 0 Å². The van der Waals surface area contributed by atoms with Crippen LogP contribution in [0.25, 0.3) is 11.0 Å². The van der Waals surface area contributed by atoms with Gasteiger partial charge in [-0.3, -0.25) is 0 Å². The van der Waals surface area contributed by atoms with E-state index in [9.17, 15) is 0 Å². The van der Waals surface area contributed by atoms with E-state index in [4.69, 9.17) is 4.42 Å². The highest BCUT2D eigenvalue weighted by molar-refractivity contribution is 7.99. The van der Waals surface area contributed by atoms with Gasteiger partial charge in [0.1, 0.15) is 11.3 Å². The minimum atomic E-state index is 0.131. The minimum absolute atomic E-state index is 0.131. The summed E-state index contributed by atoms with van der Waals surface area (Å²) in [5.41, 5.74) is 1.90. The second-order valence-corrected chi connectivity index (χ2v) is 5.81. The Labute approximate surface area is 128 Å². The summed E-state index contributed by atoms with van der Waals surface area (Å²) in [6.07, 6.45) is 1.79. The Morgan fingerprint density at radius 1 is 1.29 bits per heavy atom. The molecular weight excluding hydrogens is 282 g/mol. The van der Waals surface area contributed by atoms with E-state index in [1.807, 2.05) is 38.2 Å². The van der Waals surface area contributed by atoms with Crippen LogP contribution in [0.1, 0.15) is 17.5 Å². The van der Waals surface area contributed by atoms with Gasteiger partial charge in [0.15, 0.2) is 5.16 Å². The molecule has 4 nitrogen and oxygen atoms in total. The first-order valence-electron chi connectivity index (χ1n) is 6.84. The third-order valence-corrected chi connectivity index (χ3v) is 4.24. The summed E-state index contributed by atoms with van der Waals surface area (Å²) in [7, 11) is 1.94. The van der Waals surface area contributed by atoms with Gasteiger partial charge in [-0.2, -0.15) is 0 Å². The molecule has 0 aliphatic heterocycles. The summed E-state index contributed by atoms with van der Waals surface area (Å²) in [5, 5.41) is 5.22. The molecule has 0 fully saturated rings. The van der Waals surface area contributed by atoms with Crippen molar-refractivity contribution in [3.8, 4) is 0 Å². The number of furan rings is 1. The maximum absolute atomic E-state index is 5.92. The van der Waals surface area contributed by atoms with Crippen LogP contribution >= 0.6 is 11.8 Å². The van der Waals surface area contributed by atoms with E-state index in [2.05, 4.69) is 27.4 Å². The molecule has 1 unspecified atom stereocenters. The summed E-state index contributed by atoms with van der Waals surface area (Å²) in [6, 6.07) is 12.2. The number of aromatic nitrogens is 2. The van der Waals surface area contributed by atoms with Crippen LogP contribution in [0.4, 0.5) is 0 Å². The van der Waals surface area contributed by atoms with E-state index >= 15 is 0 Å². The molecule has 0 aliphatic carbocycles. The van der Waals surface area contributed by atoms with Crippen LogP contribution in [0.2, 0.25) is 0 Å². The number of fused-ring (bicyclic) bond motifs is 1. The topological polar surface area (TPSA) is 51.0 Å². The second-order valence-electron chi connectivity index (χ2n) is 4.82. The van der Waals surface area contributed by atoms with Gasteiger partial charge in [0, 0.05) is 23.0 Å². The molecule has 0 spiro atoms. The number of benzene rings is 1. The van der Waals surface area contributed by atoms with Crippen LogP contribution in [0.15, 0.2) is 52.2 Å². The van der Waals surface area contributed by atoms with Crippen molar-refractivity contribution in [3.05, 3.63) is 54.0 Å². The molecule has 108 valence electrons. The maximum atomic E-state index is 5.92. The molecule has 0 saturated heterocycles. The van der Waals surface area contributed by atoms with Crippen molar-refractivity contribution in [3.63, 3.8) is 0 Å². The number of hydrogen-bond donors (Lipinski definition) is 1. The van der Waals surface area contributed by atoms with Crippen molar-refractivity contribution in [2.45, 2.75) is 18.1 Å². The second kappa shape index (κ2) is 6.28. The molecule has 5 heteroatoms. The highest BCUT2D eigenvalue weighted by Crippen LogP contribution is 2.27. The Morgan fingerprint density at radius 3 is 2.90 bits per heavy atom. The quantitative estimate of drug-likeness (QED) is 0.576. The fraction of sp³-hybridized carbons (Fsp3) is 0.250. The van der Waals surface area contributed by atoms with E-state index in [0.717, 1.165) is 33.3 Å². The van der Waals surface area contributed by atoms with Gasteiger partial charge < -0.3 is 9.73 Å². The van der Waals surface area contributed by atoms with Crippen LogP contribution in [-0.4, -0.2) is 22.8 Å². The number of para-hydroxylation sites is 1. The lowest BCUT2D eigenvalue weighted by molar-refractivity contribution is 0.479. The molecule has 2 heterocycles. The number of rotatable bonds is 5. The van der Waals surface area contributed by atoms with Crippen LogP contribution in [0.3, 0.4) is 0 Å². The number of nitrogens with one attached hydrogen (secondary N) is 1. The highest BCUT2D eigenvalue weighted by atomic mass is 32.2. The third kappa shape index (κ3) is 3.25. The van der Waals surface area contributed by atoms with E-state index < -0.39 is 0 Å². The fourth-order valence-corrected chi connectivity index (χ4v) is 3.13. The number of nitrogens with zero attached hydrogens (tertiary/aromatic N) is 2. The first-order valence-corrected chi connectivity index (χ1v) is 7.83. The lowest BCUT2D eigenvalue weighted by atomic mass is 10.2. The van der Waals surface area contributed by atoms with Crippen molar-refractivity contribution < 1.29 is 4.42 Å². The molecule has 3 rings (SSSR count). The van der Waals surface area contributed by atoms with Crippen molar-refractivity contribution >= 4 is 22.7 Å². The Morgan fingerprint density at radius 2 is 2.14 bits per heavy atom. The van der Waals surface area contributed by atoms with Gasteiger partial charge in [-0.15, -0.1) is 0 Å². The van der Waals surface area contributed by atoms with Gasteiger partial charge in [-0.1, -0.05) is 30.0 Å². The highest BCUT2D eigenvalue weighted by Gasteiger charge is 2.15. The van der Waals surface area contributed by atoms with Crippen molar-refractivity contribution in [2.24, 2.45) is 0 Å². The molecule has 21 heavy (non-hydrogen) atoms. The zero-order valence-corrected chi connectivity index (χ0v) is 12.9. The van der Waals surface area contributed by atoms with Gasteiger partial charge in [-0.25, -0.2) is 9.97 Å². The molecule has 3 aromatic rings.